The number of nitrogens with zero attached hydrogens (tertiary/aromatic N) is 2. The molecule has 6 rings (SSSR count). The van der Waals surface area contributed by atoms with Gasteiger partial charge in [-0.1, -0.05) is 98.6 Å². The molecule has 426 valence electrons. The first-order valence-corrected chi connectivity index (χ1v) is 22.3. The SMILES string of the molecule is CCCCCC(=O)c1c[n+](CC(=O)c2ccccc2)ccn1.FC(F)(F)c1cc([B-](c2cc(C(F)(F)F)cc(C(F)(F)F)c2)(c2cc(C(F)(F)F)cc(C(F)(F)F)c2)c2cc(C(F)(F)F)cc(C(F)(F)F)c2)cc(C(F)(F)F)c1. The predicted molar refractivity (Wildman–Crippen MR) is 234 cm³/mol. The Morgan fingerprint density at radius 2 is 0.709 bits per heavy atom. The molecule has 0 saturated carbocycles. The summed E-state index contributed by atoms with van der Waals surface area (Å²) in [5, 5.41) is 0. The van der Waals surface area contributed by atoms with Crippen LogP contribution in [-0.4, -0.2) is 22.7 Å². The summed E-state index contributed by atoms with van der Waals surface area (Å²) in [4.78, 5) is 28.4. The van der Waals surface area contributed by atoms with Crippen molar-refractivity contribution in [2.45, 2.75) is 88.6 Å². The Morgan fingerprint density at radius 1 is 0.418 bits per heavy atom. The van der Waals surface area contributed by atoms with E-state index in [-0.39, 0.29) is 18.1 Å². The van der Waals surface area contributed by atoms with Crippen LogP contribution >= 0.6 is 0 Å². The van der Waals surface area contributed by atoms with Crippen LogP contribution in [0.1, 0.15) is 98.0 Å². The van der Waals surface area contributed by atoms with Crippen LogP contribution in [0, 0.1) is 0 Å². The van der Waals surface area contributed by atoms with Gasteiger partial charge in [-0.2, -0.15) is 132 Å². The summed E-state index contributed by atoms with van der Waals surface area (Å²) in [6, 6.07) is 0.334. The van der Waals surface area contributed by atoms with Crippen LogP contribution in [0.2, 0.25) is 0 Å². The average molecular weight is 1160 g/mol. The van der Waals surface area contributed by atoms with Crippen molar-refractivity contribution >= 4 is 39.6 Å². The third-order valence-corrected chi connectivity index (χ3v) is 11.9. The van der Waals surface area contributed by atoms with E-state index in [1.54, 1.807) is 35.3 Å². The zero-order chi connectivity index (χ0) is 59.7. The maximum atomic E-state index is 14.2. The van der Waals surface area contributed by atoms with E-state index in [9.17, 15) is 115 Å². The lowest BCUT2D eigenvalue weighted by atomic mass is 9.12. The zero-order valence-electron chi connectivity index (χ0n) is 39.4. The summed E-state index contributed by atoms with van der Waals surface area (Å²) in [5.41, 5.74) is -29.1. The van der Waals surface area contributed by atoms with Gasteiger partial charge < -0.3 is 0 Å². The second-order valence-corrected chi connectivity index (χ2v) is 17.5. The lowest BCUT2D eigenvalue weighted by molar-refractivity contribution is -0.683. The van der Waals surface area contributed by atoms with Gasteiger partial charge in [0.1, 0.15) is 6.15 Å². The summed E-state index contributed by atoms with van der Waals surface area (Å²) >= 11 is 0. The number of carbonyl (C=O) groups excluding carboxylic acids is 2. The van der Waals surface area contributed by atoms with Crippen molar-refractivity contribution in [2.24, 2.45) is 0 Å². The van der Waals surface area contributed by atoms with Crippen LogP contribution in [0.4, 0.5) is 105 Å². The number of aromatic nitrogens is 2. The number of ketones is 2. The molecule has 0 unspecified atom stereocenters. The van der Waals surface area contributed by atoms with Crippen molar-refractivity contribution in [3.63, 3.8) is 0 Å². The Bertz CT molecular complexity index is 2710. The van der Waals surface area contributed by atoms with Crippen molar-refractivity contribution < 1.29 is 120 Å². The molecule has 29 heteroatoms. The first-order chi connectivity index (χ1) is 36.0. The minimum atomic E-state index is -6.13. The Morgan fingerprint density at radius 3 is 0.975 bits per heavy atom. The van der Waals surface area contributed by atoms with E-state index in [1.807, 2.05) is 18.2 Å². The topological polar surface area (TPSA) is 50.9 Å². The number of benzene rings is 5. The van der Waals surface area contributed by atoms with Crippen LogP contribution in [-0.2, 0) is 56.0 Å². The number of Topliss-reactive ketones (excluding diaryl/α,β-unsaturated/α-hetero) is 2. The van der Waals surface area contributed by atoms with Crippen LogP contribution in [0.25, 0.3) is 0 Å². The first-order valence-electron chi connectivity index (χ1n) is 22.3. The molecule has 0 radical (unpaired) electrons. The normalized spacial score (nSPS) is 13.2. The Balaban J connectivity index is 0.000000433. The summed E-state index contributed by atoms with van der Waals surface area (Å²) in [6.07, 6.45) is -46.3. The molecule has 79 heavy (non-hydrogen) atoms. The van der Waals surface area contributed by atoms with E-state index in [0.29, 0.717) is 17.7 Å². The van der Waals surface area contributed by atoms with Crippen LogP contribution in [0.3, 0.4) is 0 Å². The highest BCUT2D eigenvalue weighted by Crippen LogP contribution is 2.41. The summed E-state index contributed by atoms with van der Waals surface area (Å²) in [7, 11) is 0. The highest BCUT2D eigenvalue weighted by Gasteiger charge is 2.47. The van der Waals surface area contributed by atoms with Gasteiger partial charge in [0.15, 0.2) is 23.9 Å². The zero-order valence-corrected chi connectivity index (χ0v) is 39.4. The monoisotopic (exact) mass is 1160 g/mol. The summed E-state index contributed by atoms with van der Waals surface area (Å²) < 4.78 is 343. The molecule has 0 atom stereocenters. The third-order valence-electron chi connectivity index (χ3n) is 11.9. The number of hydrogen-bond acceptors (Lipinski definition) is 3. The van der Waals surface area contributed by atoms with Crippen LogP contribution in [0.5, 0.6) is 0 Å². The van der Waals surface area contributed by atoms with E-state index in [1.165, 1.54) is 0 Å². The molecule has 0 saturated heterocycles. The Kier molecular flexibility index (Phi) is 17.9. The molecule has 0 amide bonds. The fourth-order valence-corrected chi connectivity index (χ4v) is 8.29. The van der Waals surface area contributed by atoms with Crippen LogP contribution in [0.15, 0.2) is 122 Å². The molecule has 4 nitrogen and oxygen atoms in total. The second kappa shape index (κ2) is 22.6. The van der Waals surface area contributed by atoms with Gasteiger partial charge in [-0.05, 0) is 30.7 Å². The van der Waals surface area contributed by atoms with Crippen molar-refractivity contribution in [3.05, 3.63) is 177 Å². The second-order valence-electron chi connectivity index (χ2n) is 17.5. The van der Waals surface area contributed by atoms with E-state index in [0.717, 1.165) is 19.3 Å². The molecule has 0 aliphatic heterocycles. The number of carbonyl (C=O) groups is 2. The maximum absolute atomic E-state index is 14.2. The summed E-state index contributed by atoms with van der Waals surface area (Å²) in [5.74, 6) is 0.0520. The van der Waals surface area contributed by atoms with E-state index < -0.39 is 195 Å². The predicted octanol–water partition coefficient (Wildman–Crippen LogP) is 14.2. The van der Waals surface area contributed by atoms with Gasteiger partial charge in [-0.25, -0.2) is 4.98 Å². The minimum Gasteiger partial charge on any atom is -0.292 e. The quantitative estimate of drug-likeness (QED) is 0.0403. The van der Waals surface area contributed by atoms with Crippen molar-refractivity contribution in [1.82, 2.24) is 4.98 Å². The number of hydrogen-bond donors (Lipinski definition) is 0. The van der Waals surface area contributed by atoms with Gasteiger partial charge >= 0.3 is 49.4 Å². The van der Waals surface area contributed by atoms with Gasteiger partial charge in [0.25, 0.3) is 0 Å². The standard InChI is InChI=1S/C32H12BF24.C18H21N2O2/c34-25(35,36)13-1-14(26(37,38)39)6-21(5-13)33(22-7-15(27(40,41)42)2-16(8-22)28(43,44)45,23-9-17(29(46,47)48)3-18(10-23)30(49,50)51)24-11-19(31(52,53)54)4-20(12-24)32(55,56)57;1-2-3-5-10-17(21)16-13-20(12-11-19-16)14-18(22)15-8-6-4-7-9-15/h1-12H;4,6-9,11-13H,2-3,5,10,14H2,1H3/q-1;+1. The molecule has 0 fully saturated rings. The highest BCUT2D eigenvalue weighted by molar-refractivity contribution is 7.20. The fourth-order valence-electron chi connectivity index (χ4n) is 8.29. The molecule has 1 aromatic heterocycles. The number of halogens is 24. The third kappa shape index (κ3) is 15.4. The molecular formula is C50H33BF24N2O2. The van der Waals surface area contributed by atoms with Gasteiger partial charge in [0.05, 0.1) is 50.7 Å². The summed E-state index contributed by atoms with van der Waals surface area (Å²) in [6.45, 7) is 2.32. The molecule has 0 N–H and O–H groups in total. The average Bonchev–Trinajstić information content (AvgIpc) is 3.46. The molecule has 0 aliphatic carbocycles. The largest absolute Gasteiger partial charge is 0.416 e. The number of rotatable bonds is 12. The lowest BCUT2D eigenvalue weighted by Gasteiger charge is -2.46. The molecule has 6 aromatic rings. The molecule has 0 bridgehead atoms. The smallest absolute Gasteiger partial charge is 0.292 e. The molecular weight excluding hydrogens is 1130 g/mol. The Hall–Kier alpha value is -7.10. The molecule has 0 aliphatic rings. The maximum Gasteiger partial charge on any atom is 0.416 e. The van der Waals surface area contributed by atoms with Crippen molar-refractivity contribution in [1.29, 1.82) is 0 Å². The van der Waals surface area contributed by atoms with E-state index in [4.69, 9.17) is 0 Å². The first kappa shape index (κ1) is 62.7. The van der Waals surface area contributed by atoms with E-state index in [2.05, 4.69) is 11.9 Å². The van der Waals surface area contributed by atoms with E-state index >= 15 is 0 Å². The van der Waals surface area contributed by atoms with Gasteiger partial charge in [0.2, 0.25) is 12.3 Å². The van der Waals surface area contributed by atoms with Gasteiger partial charge in [0, 0.05) is 12.0 Å². The number of alkyl halides is 24. The van der Waals surface area contributed by atoms with Crippen molar-refractivity contribution in [2.75, 3.05) is 0 Å². The molecule has 5 aromatic carbocycles. The van der Waals surface area contributed by atoms with Crippen molar-refractivity contribution in [3.8, 4) is 0 Å². The molecule has 0 spiro atoms. The highest BCUT2D eigenvalue weighted by atomic mass is 19.4. The number of unbranched alkanes of at least 4 members (excludes halogenated alkanes) is 2. The lowest BCUT2D eigenvalue weighted by Crippen LogP contribution is -2.75. The fraction of sp³-hybridized carbons (Fsp3) is 0.280. The van der Waals surface area contributed by atoms with Gasteiger partial charge in [-0.3, -0.25) is 9.59 Å². The van der Waals surface area contributed by atoms with Crippen LogP contribution < -0.4 is 26.4 Å². The Labute approximate surface area is 429 Å². The van der Waals surface area contributed by atoms with Gasteiger partial charge in [-0.15, -0.1) is 0 Å². The minimum absolute atomic E-state index is 0.0150. The molecule has 1 heterocycles.